The Kier molecular flexibility index (Phi) is 4.24. The number of nitrogens with zero attached hydrogens (tertiary/aromatic N) is 2. The molecule has 1 saturated carbocycles. The van der Waals surface area contributed by atoms with Crippen LogP contribution in [0.4, 0.5) is 11.6 Å². The van der Waals surface area contributed by atoms with Crippen molar-refractivity contribution in [1.82, 2.24) is 9.78 Å². The minimum atomic E-state index is -3.47. The second-order valence-electron chi connectivity index (χ2n) is 5.23. The lowest BCUT2D eigenvalue weighted by Gasteiger charge is -2.28. The zero-order valence-electron chi connectivity index (χ0n) is 11.8. The Morgan fingerprint density at radius 2 is 2.10 bits per heavy atom. The lowest BCUT2D eigenvalue weighted by Crippen LogP contribution is -2.29. The molecule has 0 saturated heterocycles. The number of sulfone groups is 1. The Morgan fingerprint density at radius 1 is 1.45 bits per heavy atom. The molecule has 7 nitrogen and oxygen atoms in total. The molecule has 1 aromatic heterocycles. The molecule has 1 heterocycles. The largest absolute Gasteiger partial charge is 0.391 e. The summed E-state index contributed by atoms with van der Waals surface area (Å²) in [6.07, 6.45) is 3.97. The molecule has 2 atom stereocenters. The highest BCUT2D eigenvalue weighted by Gasteiger charge is 2.31. The molecule has 2 rings (SSSR count). The van der Waals surface area contributed by atoms with Gasteiger partial charge in [0.1, 0.15) is 5.82 Å². The van der Waals surface area contributed by atoms with Gasteiger partial charge in [0.25, 0.3) is 0 Å². The van der Waals surface area contributed by atoms with E-state index in [1.807, 2.05) is 6.92 Å². The fraction of sp³-hybridized carbons (Fsp3) is 0.750. The van der Waals surface area contributed by atoms with Crippen molar-refractivity contribution < 1.29 is 13.5 Å². The van der Waals surface area contributed by atoms with E-state index in [-0.39, 0.29) is 22.6 Å². The fourth-order valence-electron chi connectivity index (χ4n) is 2.71. The van der Waals surface area contributed by atoms with Gasteiger partial charge in [0, 0.05) is 12.8 Å². The van der Waals surface area contributed by atoms with Crippen molar-refractivity contribution in [3.05, 3.63) is 0 Å². The van der Waals surface area contributed by atoms with Crippen molar-refractivity contribution in [2.75, 3.05) is 23.9 Å². The number of aliphatic hydroxyl groups excluding tert-OH is 1. The molecule has 0 amide bonds. The van der Waals surface area contributed by atoms with E-state index in [0.717, 1.165) is 25.5 Å². The van der Waals surface area contributed by atoms with Gasteiger partial charge in [-0.15, -0.1) is 0 Å². The first-order valence-electron chi connectivity index (χ1n) is 6.86. The molecule has 8 heteroatoms. The summed E-state index contributed by atoms with van der Waals surface area (Å²) in [5.74, 6) is 0.375. The van der Waals surface area contributed by atoms with Crippen LogP contribution in [-0.2, 0) is 9.84 Å². The van der Waals surface area contributed by atoms with E-state index in [1.165, 1.54) is 4.68 Å². The molecule has 2 unspecified atom stereocenters. The lowest BCUT2D eigenvalue weighted by atomic mass is 9.93. The van der Waals surface area contributed by atoms with Gasteiger partial charge in [-0.25, -0.2) is 13.1 Å². The van der Waals surface area contributed by atoms with Gasteiger partial charge in [-0.3, -0.25) is 0 Å². The van der Waals surface area contributed by atoms with Crippen LogP contribution in [0.15, 0.2) is 4.90 Å². The first-order chi connectivity index (χ1) is 9.36. The number of hydrogen-bond donors (Lipinski definition) is 3. The van der Waals surface area contributed by atoms with E-state index in [0.29, 0.717) is 13.0 Å². The van der Waals surface area contributed by atoms with Crippen LogP contribution in [0.25, 0.3) is 0 Å². The minimum absolute atomic E-state index is 0.0251. The maximum absolute atomic E-state index is 11.9. The lowest BCUT2D eigenvalue weighted by molar-refractivity contribution is 0.0706. The van der Waals surface area contributed by atoms with Gasteiger partial charge in [0.05, 0.1) is 12.1 Å². The van der Waals surface area contributed by atoms with Crippen LogP contribution < -0.4 is 11.1 Å². The van der Waals surface area contributed by atoms with E-state index < -0.39 is 15.9 Å². The fourth-order valence-corrected chi connectivity index (χ4v) is 3.65. The first kappa shape index (κ1) is 15.1. The number of hydrogen-bond acceptors (Lipinski definition) is 6. The Hall–Kier alpha value is -1.28. The van der Waals surface area contributed by atoms with E-state index in [9.17, 15) is 13.5 Å². The smallest absolute Gasteiger partial charge is 0.182 e. The maximum Gasteiger partial charge on any atom is 0.182 e. The highest BCUT2D eigenvalue weighted by Crippen LogP contribution is 2.35. The molecule has 0 spiro atoms. The number of aromatic nitrogens is 2. The molecule has 0 radical (unpaired) electrons. The number of rotatable bonds is 4. The summed E-state index contributed by atoms with van der Waals surface area (Å²) in [6, 6.07) is -0.253. The highest BCUT2D eigenvalue weighted by atomic mass is 32.2. The molecule has 20 heavy (non-hydrogen) atoms. The predicted molar refractivity (Wildman–Crippen MR) is 77.4 cm³/mol. The molecule has 114 valence electrons. The van der Waals surface area contributed by atoms with Gasteiger partial charge in [-0.05, 0) is 19.8 Å². The van der Waals surface area contributed by atoms with Gasteiger partial charge in [-0.1, -0.05) is 12.8 Å². The van der Waals surface area contributed by atoms with Crippen molar-refractivity contribution >= 4 is 21.5 Å². The third kappa shape index (κ3) is 2.76. The van der Waals surface area contributed by atoms with Crippen LogP contribution in [0.5, 0.6) is 0 Å². The average Bonchev–Trinajstić information content (AvgIpc) is 2.67. The summed E-state index contributed by atoms with van der Waals surface area (Å²) in [7, 11) is -3.47. The van der Waals surface area contributed by atoms with Crippen LogP contribution in [0.2, 0.25) is 0 Å². The summed E-state index contributed by atoms with van der Waals surface area (Å²) in [6.45, 7) is 2.41. The Morgan fingerprint density at radius 3 is 2.65 bits per heavy atom. The quantitative estimate of drug-likeness (QED) is 0.758. The standard InChI is InChI=1S/C12H22N4O3S/c1-3-14-12-10(20(2,18)19)11(13)16(15-12)8-6-4-5-7-9(8)17/h8-9,17H,3-7,13H2,1-2H3,(H,14,15). The molecule has 1 aliphatic rings. The molecule has 0 bridgehead atoms. The summed E-state index contributed by atoms with van der Waals surface area (Å²) < 4.78 is 25.3. The topological polar surface area (TPSA) is 110 Å². The van der Waals surface area contributed by atoms with Crippen LogP contribution in [0.1, 0.15) is 38.6 Å². The average molecular weight is 302 g/mol. The monoisotopic (exact) mass is 302 g/mol. The minimum Gasteiger partial charge on any atom is -0.391 e. The summed E-state index contributed by atoms with van der Waals surface area (Å²) >= 11 is 0. The van der Waals surface area contributed by atoms with E-state index >= 15 is 0 Å². The van der Waals surface area contributed by atoms with Crippen molar-refractivity contribution in [3.63, 3.8) is 0 Å². The molecule has 0 aromatic carbocycles. The second-order valence-corrected chi connectivity index (χ2v) is 7.18. The maximum atomic E-state index is 11.9. The molecule has 1 aliphatic carbocycles. The van der Waals surface area contributed by atoms with Crippen molar-refractivity contribution in [1.29, 1.82) is 0 Å². The van der Waals surface area contributed by atoms with Gasteiger partial charge >= 0.3 is 0 Å². The SMILES string of the molecule is CCNc1nn(C2CCCCC2O)c(N)c1S(C)(=O)=O. The third-order valence-electron chi connectivity index (χ3n) is 3.63. The van der Waals surface area contributed by atoms with Crippen molar-refractivity contribution in [3.8, 4) is 0 Å². The van der Waals surface area contributed by atoms with Crippen LogP contribution in [0, 0.1) is 0 Å². The Bertz CT molecular complexity index is 582. The third-order valence-corrected chi connectivity index (χ3v) is 4.77. The Balaban J connectivity index is 2.49. The zero-order valence-corrected chi connectivity index (χ0v) is 12.7. The van der Waals surface area contributed by atoms with Gasteiger partial charge in [-0.2, -0.15) is 5.10 Å². The summed E-state index contributed by atoms with van der Waals surface area (Å²) in [4.78, 5) is 0.0251. The molecular formula is C12H22N4O3S. The zero-order chi connectivity index (χ0) is 14.9. The van der Waals surface area contributed by atoms with Gasteiger partial charge < -0.3 is 16.2 Å². The normalized spacial score (nSPS) is 23.8. The first-order valence-corrected chi connectivity index (χ1v) is 8.75. The van der Waals surface area contributed by atoms with Gasteiger partial charge in [0.2, 0.25) is 0 Å². The van der Waals surface area contributed by atoms with E-state index in [1.54, 1.807) is 0 Å². The van der Waals surface area contributed by atoms with Gasteiger partial charge in [0.15, 0.2) is 20.6 Å². The second kappa shape index (κ2) is 5.61. The Labute approximate surface area is 119 Å². The van der Waals surface area contributed by atoms with E-state index in [4.69, 9.17) is 5.73 Å². The predicted octanol–water partition coefficient (Wildman–Crippen LogP) is 0.777. The number of nitrogens with two attached hydrogens (primary N) is 1. The van der Waals surface area contributed by atoms with E-state index in [2.05, 4.69) is 10.4 Å². The van der Waals surface area contributed by atoms with Crippen LogP contribution in [0.3, 0.4) is 0 Å². The molecule has 0 aliphatic heterocycles. The van der Waals surface area contributed by atoms with Crippen molar-refractivity contribution in [2.45, 2.75) is 49.6 Å². The van der Waals surface area contributed by atoms with Crippen LogP contribution in [-0.4, -0.2) is 42.2 Å². The highest BCUT2D eigenvalue weighted by molar-refractivity contribution is 7.91. The number of nitrogen functional groups attached to an aromatic ring is 1. The number of nitrogens with one attached hydrogen (secondary N) is 1. The number of aliphatic hydroxyl groups is 1. The molecule has 4 N–H and O–H groups in total. The number of anilines is 2. The van der Waals surface area contributed by atoms with Crippen LogP contribution >= 0.6 is 0 Å². The van der Waals surface area contributed by atoms with Crippen molar-refractivity contribution in [2.24, 2.45) is 0 Å². The molecule has 1 fully saturated rings. The molecule has 1 aromatic rings. The summed E-state index contributed by atoms with van der Waals surface area (Å²) in [5, 5.41) is 17.3. The molecular weight excluding hydrogens is 280 g/mol. The summed E-state index contributed by atoms with van der Waals surface area (Å²) in [5.41, 5.74) is 5.98.